The molecule has 0 fully saturated rings. The third-order valence-corrected chi connectivity index (χ3v) is 2.92. The lowest BCUT2D eigenvalue weighted by atomic mass is 9.88. The number of carbonyl (C=O) groups is 1. The van der Waals surface area contributed by atoms with Crippen molar-refractivity contribution >= 4 is 5.78 Å². The number of Topliss-reactive ketones (excluding diaryl/α,β-unsaturated/α-hetero) is 1. The van der Waals surface area contributed by atoms with E-state index in [2.05, 4.69) is 4.74 Å². The van der Waals surface area contributed by atoms with Gasteiger partial charge in [0.25, 0.3) is 0 Å². The number of ketones is 1. The Bertz CT molecular complexity index is 451. The van der Waals surface area contributed by atoms with Crippen LogP contribution in [0.25, 0.3) is 0 Å². The minimum absolute atomic E-state index is 0.00653. The maximum absolute atomic E-state index is 12.1. The molecule has 0 aliphatic rings. The number of alkyl halides is 3. The molecular weight excluding hydrogens is 261 g/mol. The average Bonchev–Trinajstić information content (AvgIpc) is 2.35. The van der Waals surface area contributed by atoms with Crippen molar-refractivity contribution in [3.63, 3.8) is 0 Å². The Labute approximate surface area is 109 Å². The molecule has 0 amide bonds. The van der Waals surface area contributed by atoms with E-state index < -0.39 is 23.5 Å². The minimum Gasteiger partial charge on any atom is -0.406 e. The second-order valence-corrected chi connectivity index (χ2v) is 4.14. The van der Waals surface area contributed by atoms with Crippen molar-refractivity contribution in [3.05, 3.63) is 29.8 Å². The van der Waals surface area contributed by atoms with Crippen LogP contribution in [-0.2, 0) is 0 Å². The predicted molar refractivity (Wildman–Crippen MR) is 63.0 cm³/mol. The van der Waals surface area contributed by atoms with E-state index in [0.29, 0.717) is 0 Å². The summed E-state index contributed by atoms with van der Waals surface area (Å²) in [6, 6.07) is 4.70. The highest BCUT2D eigenvalue weighted by atomic mass is 19.4. The third kappa shape index (κ3) is 3.96. The van der Waals surface area contributed by atoms with E-state index in [9.17, 15) is 23.1 Å². The molecule has 6 heteroatoms. The van der Waals surface area contributed by atoms with Gasteiger partial charge in [-0.3, -0.25) is 4.79 Å². The van der Waals surface area contributed by atoms with Crippen LogP contribution in [0.2, 0.25) is 0 Å². The Morgan fingerprint density at radius 3 is 2.32 bits per heavy atom. The zero-order valence-corrected chi connectivity index (χ0v) is 10.6. The first kappa shape index (κ1) is 15.5. The van der Waals surface area contributed by atoms with Gasteiger partial charge in [0, 0.05) is 5.56 Å². The van der Waals surface area contributed by atoms with Crippen LogP contribution >= 0.6 is 0 Å². The van der Waals surface area contributed by atoms with Crippen molar-refractivity contribution in [1.82, 2.24) is 0 Å². The summed E-state index contributed by atoms with van der Waals surface area (Å²) in [5.41, 5.74) is -1.57. The van der Waals surface area contributed by atoms with E-state index in [1.54, 1.807) is 13.8 Å². The second kappa shape index (κ2) is 5.61. The standard InChI is InChI=1S/C13H15F3O3/c1-3-12(18,4-2)11(17)9-6-5-7-10(8-9)19-13(14,15)16/h5-8,18H,3-4H2,1-2H3. The Morgan fingerprint density at radius 2 is 1.84 bits per heavy atom. The summed E-state index contributed by atoms with van der Waals surface area (Å²) in [5, 5.41) is 10.1. The fourth-order valence-electron chi connectivity index (χ4n) is 1.67. The molecule has 0 radical (unpaired) electrons. The molecule has 1 aromatic carbocycles. The quantitative estimate of drug-likeness (QED) is 0.839. The lowest BCUT2D eigenvalue weighted by Gasteiger charge is -2.23. The highest BCUT2D eigenvalue weighted by Gasteiger charge is 2.34. The molecule has 106 valence electrons. The fraction of sp³-hybridized carbons (Fsp3) is 0.462. The normalized spacial score (nSPS) is 12.3. The van der Waals surface area contributed by atoms with Crippen LogP contribution in [0.4, 0.5) is 13.2 Å². The van der Waals surface area contributed by atoms with E-state index in [-0.39, 0.29) is 18.4 Å². The molecule has 0 spiro atoms. The van der Waals surface area contributed by atoms with Gasteiger partial charge in [-0.1, -0.05) is 26.0 Å². The van der Waals surface area contributed by atoms with Crippen molar-refractivity contribution < 1.29 is 27.8 Å². The SMILES string of the molecule is CCC(O)(CC)C(=O)c1cccc(OC(F)(F)F)c1. The maximum Gasteiger partial charge on any atom is 0.573 e. The molecule has 0 aromatic heterocycles. The van der Waals surface area contributed by atoms with Gasteiger partial charge in [-0.2, -0.15) is 0 Å². The van der Waals surface area contributed by atoms with Crippen LogP contribution < -0.4 is 4.74 Å². The molecule has 3 nitrogen and oxygen atoms in total. The summed E-state index contributed by atoms with van der Waals surface area (Å²) in [4.78, 5) is 12.1. The topological polar surface area (TPSA) is 46.5 Å². The number of benzene rings is 1. The zero-order chi connectivity index (χ0) is 14.7. The third-order valence-electron chi connectivity index (χ3n) is 2.92. The maximum atomic E-state index is 12.1. The number of halogens is 3. The van der Waals surface area contributed by atoms with E-state index in [4.69, 9.17) is 0 Å². The lowest BCUT2D eigenvalue weighted by molar-refractivity contribution is -0.274. The average molecular weight is 276 g/mol. The number of ether oxygens (including phenoxy) is 1. The molecule has 1 aromatic rings. The lowest BCUT2D eigenvalue weighted by Crippen LogP contribution is -2.37. The summed E-state index contributed by atoms with van der Waals surface area (Å²) < 4.78 is 40.0. The summed E-state index contributed by atoms with van der Waals surface area (Å²) in [5.74, 6) is -1.09. The Hall–Kier alpha value is -1.56. The molecule has 1 rings (SSSR count). The molecule has 0 unspecified atom stereocenters. The Balaban J connectivity index is 3.03. The van der Waals surface area contributed by atoms with Crippen molar-refractivity contribution in [2.45, 2.75) is 38.7 Å². The summed E-state index contributed by atoms with van der Waals surface area (Å²) in [6.07, 6.45) is -4.44. The number of hydrogen-bond donors (Lipinski definition) is 1. The van der Waals surface area contributed by atoms with Gasteiger partial charge in [0.05, 0.1) is 0 Å². The molecule has 0 saturated carbocycles. The first-order valence-corrected chi connectivity index (χ1v) is 5.85. The molecule has 0 bridgehead atoms. The summed E-state index contributed by atoms with van der Waals surface area (Å²) >= 11 is 0. The molecule has 0 aliphatic heterocycles. The summed E-state index contributed by atoms with van der Waals surface area (Å²) in [6.45, 7) is 3.27. The molecule has 0 atom stereocenters. The van der Waals surface area contributed by atoms with Gasteiger partial charge >= 0.3 is 6.36 Å². The Morgan fingerprint density at radius 1 is 1.26 bits per heavy atom. The van der Waals surface area contributed by atoms with Gasteiger partial charge in [-0.15, -0.1) is 13.2 Å². The van der Waals surface area contributed by atoms with E-state index in [1.165, 1.54) is 12.1 Å². The first-order valence-electron chi connectivity index (χ1n) is 5.85. The van der Waals surface area contributed by atoms with Crippen molar-refractivity contribution in [3.8, 4) is 5.75 Å². The van der Waals surface area contributed by atoms with Crippen molar-refractivity contribution in [2.75, 3.05) is 0 Å². The first-order chi connectivity index (χ1) is 8.72. The van der Waals surface area contributed by atoms with Gasteiger partial charge < -0.3 is 9.84 Å². The molecular formula is C13H15F3O3. The highest BCUT2D eigenvalue weighted by molar-refractivity contribution is 6.02. The number of carbonyl (C=O) groups excluding carboxylic acids is 1. The van der Waals surface area contributed by atoms with Gasteiger partial charge in [0.1, 0.15) is 11.4 Å². The van der Waals surface area contributed by atoms with Crippen LogP contribution in [0.1, 0.15) is 37.0 Å². The molecule has 0 aliphatic carbocycles. The van der Waals surface area contributed by atoms with E-state index >= 15 is 0 Å². The van der Waals surface area contributed by atoms with Gasteiger partial charge in [-0.25, -0.2) is 0 Å². The van der Waals surface area contributed by atoms with E-state index in [1.807, 2.05) is 0 Å². The van der Waals surface area contributed by atoms with Gasteiger partial charge in [0.2, 0.25) is 0 Å². The largest absolute Gasteiger partial charge is 0.573 e. The molecule has 0 saturated heterocycles. The van der Waals surface area contributed by atoms with E-state index in [0.717, 1.165) is 12.1 Å². The monoisotopic (exact) mass is 276 g/mol. The van der Waals surface area contributed by atoms with Crippen LogP contribution in [0.5, 0.6) is 5.75 Å². The number of hydrogen-bond acceptors (Lipinski definition) is 3. The molecule has 0 heterocycles. The van der Waals surface area contributed by atoms with Gasteiger partial charge in [0.15, 0.2) is 5.78 Å². The highest BCUT2D eigenvalue weighted by Crippen LogP contribution is 2.26. The van der Waals surface area contributed by atoms with Crippen LogP contribution in [0.15, 0.2) is 24.3 Å². The second-order valence-electron chi connectivity index (χ2n) is 4.14. The predicted octanol–water partition coefficient (Wildman–Crippen LogP) is 3.32. The van der Waals surface area contributed by atoms with Crippen LogP contribution in [-0.4, -0.2) is 22.9 Å². The minimum atomic E-state index is -4.81. The number of aliphatic hydroxyl groups is 1. The van der Waals surface area contributed by atoms with Gasteiger partial charge in [-0.05, 0) is 25.0 Å². The number of rotatable bonds is 5. The smallest absolute Gasteiger partial charge is 0.406 e. The fourth-order valence-corrected chi connectivity index (χ4v) is 1.67. The summed E-state index contributed by atoms with van der Waals surface area (Å²) in [7, 11) is 0. The van der Waals surface area contributed by atoms with Crippen molar-refractivity contribution in [1.29, 1.82) is 0 Å². The zero-order valence-electron chi connectivity index (χ0n) is 10.6. The Kier molecular flexibility index (Phi) is 4.57. The van der Waals surface area contributed by atoms with Crippen LogP contribution in [0.3, 0.4) is 0 Å². The molecule has 1 N–H and O–H groups in total. The van der Waals surface area contributed by atoms with Crippen LogP contribution in [0, 0.1) is 0 Å². The molecule has 19 heavy (non-hydrogen) atoms. The van der Waals surface area contributed by atoms with Crippen molar-refractivity contribution in [2.24, 2.45) is 0 Å².